The van der Waals surface area contributed by atoms with Crippen molar-refractivity contribution in [2.24, 2.45) is 0 Å². The minimum Gasteiger partial charge on any atom is -0.383 e. The van der Waals surface area contributed by atoms with Crippen LogP contribution in [0.15, 0.2) is 0 Å². The second kappa shape index (κ2) is 4.05. The Bertz CT molecular complexity index is 191. The highest BCUT2D eigenvalue weighted by Gasteiger charge is 2.45. The van der Waals surface area contributed by atoms with E-state index in [-0.39, 0.29) is 4.92 Å². The SMILES string of the molecule is CCC[C@@]1(O)CCCC[C@H]1[N+](=O)[O-]. The molecule has 1 aliphatic rings. The Morgan fingerprint density at radius 2 is 2.31 bits per heavy atom. The highest BCUT2D eigenvalue weighted by molar-refractivity contribution is 4.89. The molecular formula is C9H17NO3. The van der Waals surface area contributed by atoms with Crippen molar-refractivity contribution in [3.63, 3.8) is 0 Å². The van der Waals surface area contributed by atoms with Crippen molar-refractivity contribution in [1.29, 1.82) is 0 Å². The highest BCUT2D eigenvalue weighted by Crippen LogP contribution is 2.33. The fraction of sp³-hybridized carbons (Fsp3) is 1.00. The van der Waals surface area contributed by atoms with Crippen LogP contribution in [-0.2, 0) is 0 Å². The van der Waals surface area contributed by atoms with Crippen LogP contribution in [0.4, 0.5) is 0 Å². The molecule has 1 N–H and O–H groups in total. The molecule has 1 aliphatic carbocycles. The van der Waals surface area contributed by atoms with Crippen LogP contribution in [0.3, 0.4) is 0 Å². The van der Waals surface area contributed by atoms with Crippen LogP contribution < -0.4 is 0 Å². The first-order valence-electron chi connectivity index (χ1n) is 4.96. The number of nitro groups is 1. The molecule has 0 heterocycles. The predicted octanol–water partition coefficient (Wildman–Crippen LogP) is 1.74. The summed E-state index contributed by atoms with van der Waals surface area (Å²) in [4.78, 5) is 10.4. The maximum absolute atomic E-state index is 10.7. The summed E-state index contributed by atoms with van der Waals surface area (Å²) in [6.07, 6.45) is 4.27. The van der Waals surface area contributed by atoms with Crippen molar-refractivity contribution in [3.8, 4) is 0 Å². The summed E-state index contributed by atoms with van der Waals surface area (Å²) >= 11 is 0. The zero-order chi connectivity index (χ0) is 9.90. The summed E-state index contributed by atoms with van der Waals surface area (Å²) in [6.45, 7) is 1.95. The molecule has 2 atom stereocenters. The van der Waals surface area contributed by atoms with Crippen molar-refractivity contribution in [2.45, 2.75) is 57.1 Å². The van der Waals surface area contributed by atoms with E-state index in [1.165, 1.54) is 0 Å². The molecular weight excluding hydrogens is 170 g/mol. The lowest BCUT2D eigenvalue weighted by molar-refractivity contribution is -0.550. The third-order valence-electron chi connectivity index (χ3n) is 2.89. The van der Waals surface area contributed by atoms with Gasteiger partial charge in [0.2, 0.25) is 6.04 Å². The Hall–Kier alpha value is -0.640. The van der Waals surface area contributed by atoms with Gasteiger partial charge in [-0.1, -0.05) is 19.8 Å². The van der Waals surface area contributed by atoms with Crippen LogP contribution in [0.1, 0.15) is 45.4 Å². The largest absolute Gasteiger partial charge is 0.383 e. The minimum absolute atomic E-state index is 0.311. The Morgan fingerprint density at radius 3 is 2.85 bits per heavy atom. The van der Waals surface area contributed by atoms with E-state index in [1.807, 2.05) is 6.92 Å². The van der Waals surface area contributed by atoms with Crippen molar-refractivity contribution in [3.05, 3.63) is 10.1 Å². The van der Waals surface area contributed by atoms with Gasteiger partial charge in [-0.05, 0) is 19.3 Å². The van der Waals surface area contributed by atoms with Gasteiger partial charge in [-0.15, -0.1) is 0 Å². The molecule has 4 heteroatoms. The minimum atomic E-state index is -1.03. The third-order valence-corrected chi connectivity index (χ3v) is 2.89. The average Bonchev–Trinajstić information content (AvgIpc) is 2.04. The lowest BCUT2D eigenvalue weighted by Gasteiger charge is -2.33. The molecule has 1 rings (SSSR count). The predicted molar refractivity (Wildman–Crippen MR) is 49.1 cm³/mol. The number of rotatable bonds is 3. The number of aliphatic hydroxyl groups is 1. The van der Waals surface area contributed by atoms with Gasteiger partial charge in [-0.3, -0.25) is 10.1 Å². The third kappa shape index (κ3) is 2.18. The molecule has 0 amide bonds. The zero-order valence-corrected chi connectivity index (χ0v) is 8.03. The summed E-state index contributed by atoms with van der Waals surface area (Å²) in [5.74, 6) is 0. The molecule has 0 unspecified atom stereocenters. The average molecular weight is 187 g/mol. The van der Waals surface area contributed by atoms with Gasteiger partial charge in [-0.25, -0.2) is 0 Å². The maximum atomic E-state index is 10.7. The lowest BCUT2D eigenvalue weighted by atomic mass is 9.78. The van der Waals surface area contributed by atoms with Crippen molar-refractivity contribution in [2.75, 3.05) is 0 Å². The van der Waals surface area contributed by atoms with Crippen LogP contribution in [-0.4, -0.2) is 21.7 Å². The Labute approximate surface area is 78.1 Å². The van der Waals surface area contributed by atoms with Crippen molar-refractivity contribution >= 4 is 0 Å². The van der Waals surface area contributed by atoms with Crippen LogP contribution in [0.2, 0.25) is 0 Å². The highest BCUT2D eigenvalue weighted by atomic mass is 16.6. The van der Waals surface area contributed by atoms with E-state index >= 15 is 0 Å². The quantitative estimate of drug-likeness (QED) is 0.540. The van der Waals surface area contributed by atoms with Gasteiger partial charge in [0.25, 0.3) is 0 Å². The van der Waals surface area contributed by atoms with Gasteiger partial charge in [0.05, 0.1) is 0 Å². The Morgan fingerprint density at radius 1 is 1.62 bits per heavy atom. The van der Waals surface area contributed by atoms with Gasteiger partial charge in [0.1, 0.15) is 5.60 Å². The normalized spacial score (nSPS) is 34.5. The standard InChI is InChI=1S/C9H17NO3/c1-2-6-9(11)7-4-3-5-8(9)10(12)13/h8,11H,2-7H2,1H3/t8-,9-/m1/s1. The first-order valence-corrected chi connectivity index (χ1v) is 4.96. The smallest absolute Gasteiger partial charge is 0.241 e. The van der Waals surface area contributed by atoms with Gasteiger partial charge < -0.3 is 5.11 Å². The maximum Gasteiger partial charge on any atom is 0.241 e. The molecule has 0 saturated heterocycles. The number of nitrogens with zero attached hydrogens (tertiary/aromatic N) is 1. The summed E-state index contributed by atoms with van der Waals surface area (Å²) in [5, 5.41) is 20.8. The molecule has 0 aromatic heterocycles. The number of hydrogen-bond acceptors (Lipinski definition) is 3. The van der Waals surface area contributed by atoms with Gasteiger partial charge in [0, 0.05) is 11.3 Å². The lowest BCUT2D eigenvalue weighted by Crippen LogP contribution is -2.49. The molecule has 0 aromatic carbocycles. The van der Waals surface area contributed by atoms with E-state index in [0.29, 0.717) is 19.3 Å². The van der Waals surface area contributed by atoms with Crippen LogP contribution >= 0.6 is 0 Å². The van der Waals surface area contributed by atoms with E-state index in [1.54, 1.807) is 0 Å². The molecule has 0 aromatic rings. The van der Waals surface area contributed by atoms with E-state index in [4.69, 9.17) is 0 Å². The molecule has 1 fully saturated rings. The van der Waals surface area contributed by atoms with Crippen molar-refractivity contribution < 1.29 is 10.0 Å². The first kappa shape index (κ1) is 10.4. The van der Waals surface area contributed by atoms with Crippen molar-refractivity contribution in [1.82, 2.24) is 0 Å². The summed E-state index contributed by atoms with van der Waals surface area (Å²) < 4.78 is 0. The van der Waals surface area contributed by atoms with E-state index in [9.17, 15) is 15.2 Å². The second-order valence-corrected chi connectivity index (χ2v) is 3.90. The summed E-state index contributed by atoms with van der Waals surface area (Å²) in [5.41, 5.74) is -1.03. The van der Waals surface area contributed by atoms with Crippen LogP contribution in [0.25, 0.3) is 0 Å². The fourth-order valence-corrected chi connectivity index (χ4v) is 2.23. The van der Waals surface area contributed by atoms with E-state index < -0.39 is 11.6 Å². The second-order valence-electron chi connectivity index (χ2n) is 3.90. The molecule has 13 heavy (non-hydrogen) atoms. The summed E-state index contributed by atoms with van der Waals surface area (Å²) in [7, 11) is 0. The van der Waals surface area contributed by atoms with Crippen LogP contribution in [0.5, 0.6) is 0 Å². The van der Waals surface area contributed by atoms with Gasteiger partial charge in [-0.2, -0.15) is 0 Å². The monoisotopic (exact) mass is 187 g/mol. The molecule has 0 aliphatic heterocycles. The number of hydrogen-bond donors (Lipinski definition) is 1. The van der Waals surface area contributed by atoms with Gasteiger partial charge >= 0.3 is 0 Å². The van der Waals surface area contributed by atoms with Gasteiger partial charge in [0.15, 0.2) is 0 Å². The first-order chi connectivity index (χ1) is 6.10. The van der Waals surface area contributed by atoms with E-state index in [2.05, 4.69) is 0 Å². The molecule has 0 bridgehead atoms. The zero-order valence-electron chi connectivity index (χ0n) is 8.03. The fourth-order valence-electron chi connectivity index (χ4n) is 2.23. The Balaban J connectivity index is 2.70. The molecule has 4 nitrogen and oxygen atoms in total. The van der Waals surface area contributed by atoms with Crippen LogP contribution in [0, 0.1) is 10.1 Å². The molecule has 1 saturated carbocycles. The molecule has 0 spiro atoms. The Kier molecular flexibility index (Phi) is 3.25. The topological polar surface area (TPSA) is 63.4 Å². The molecule has 76 valence electrons. The van der Waals surface area contributed by atoms with E-state index in [0.717, 1.165) is 19.3 Å². The summed E-state index contributed by atoms with van der Waals surface area (Å²) in [6, 6.07) is -0.735. The molecule has 0 radical (unpaired) electrons.